The molecule has 0 bridgehead atoms. The van der Waals surface area contributed by atoms with Gasteiger partial charge in [0.1, 0.15) is 17.1 Å². The average Bonchev–Trinajstić information content (AvgIpc) is 3.55. The van der Waals surface area contributed by atoms with E-state index < -0.39 is 28.8 Å². The van der Waals surface area contributed by atoms with Crippen molar-refractivity contribution in [3.63, 3.8) is 0 Å². The second-order valence-corrected chi connectivity index (χ2v) is 14.7. The summed E-state index contributed by atoms with van der Waals surface area (Å²) >= 11 is 0. The minimum absolute atomic E-state index is 0.0822. The van der Waals surface area contributed by atoms with E-state index in [1.807, 2.05) is 52.5 Å². The zero-order valence-electron chi connectivity index (χ0n) is 28.7. The van der Waals surface area contributed by atoms with E-state index >= 15 is 4.39 Å². The Kier molecular flexibility index (Phi) is 9.72. The van der Waals surface area contributed by atoms with Gasteiger partial charge in [-0.2, -0.15) is 5.10 Å². The van der Waals surface area contributed by atoms with Crippen LogP contribution >= 0.6 is 0 Å². The van der Waals surface area contributed by atoms with Gasteiger partial charge in [0.25, 0.3) is 5.91 Å². The number of rotatable bonds is 8. The molecule has 1 aliphatic heterocycles. The molecule has 0 radical (unpaired) electrons. The highest BCUT2D eigenvalue weighted by Gasteiger charge is 2.44. The zero-order chi connectivity index (χ0) is 34.3. The molecule has 9 nitrogen and oxygen atoms in total. The first-order valence-electron chi connectivity index (χ1n) is 16.7. The van der Waals surface area contributed by atoms with E-state index in [1.165, 1.54) is 12.1 Å². The number of nitrogens with zero attached hydrogens (tertiary/aromatic N) is 4. The molecular weight excluding hydrogens is 604 g/mol. The Balaban J connectivity index is 1.37. The van der Waals surface area contributed by atoms with E-state index in [1.54, 1.807) is 35.0 Å². The molecule has 1 atom stereocenters. The van der Waals surface area contributed by atoms with Crippen molar-refractivity contribution < 1.29 is 28.2 Å². The SMILES string of the molecule is CCN(C(=O)c1cc(F)ccc1-c1cc(C2(F)CCN(CC3(O)CCC(NC(=O)OC(C)(C)C)CC3)C2)cc2c1cnn2C)C(C)C. The maximum Gasteiger partial charge on any atom is 0.407 e. The van der Waals surface area contributed by atoms with Gasteiger partial charge in [0.15, 0.2) is 0 Å². The first-order chi connectivity index (χ1) is 22.0. The molecule has 2 aromatic carbocycles. The molecule has 3 aromatic rings. The van der Waals surface area contributed by atoms with Crippen molar-refractivity contribution in [2.24, 2.45) is 7.05 Å². The lowest BCUT2D eigenvalue weighted by molar-refractivity contribution is -0.0314. The Labute approximate surface area is 276 Å². The van der Waals surface area contributed by atoms with Crippen LogP contribution in [0.1, 0.15) is 89.6 Å². The molecular formula is C36H49F2N5O4. The largest absolute Gasteiger partial charge is 0.444 e. The smallest absolute Gasteiger partial charge is 0.407 e. The van der Waals surface area contributed by atoms with Crippen LogP contribution in [0.25, 0.3) is 22.0 Å². The van der Waals surface area contributed by atoms with Crippen molar-refractivity contribution in [1.29, 1.82) is 0 Å². The van der Waals surface area contributed by atoms with E-state index in [9.17, 15) is 19.1 Å². The molecule has 2 amide bonds. The molecule has 11 heteroatoms. The third-order valence-electron chi connectivity index (χ3n) is 9.56. The highest BCUT2D eigenvalue weighted by molar-refractivity contribution is 6.05. The monoisotopic (exact) mass is 653 g/mol. The van der Waals surface area contributed by atoms with E-state index in [4.69, 9.17) is 4.74 Å². The van der Waals surface area contributed by atoms with Crippen LogP contribution in [-0.2, 0) is 17.5 Å². The highest BCUT2D eigenvalue weighted by atomic mass is 19.1. The fourth-order valence-electron chi connectivity index (χ4n) is 7.12. The number of fused-ring (bicyclic) bond motifs is 1. The molecule has 256 valence electrons. The number of hydrogen-bond acceptors (Lipinski definition) is 6. The van der Waals surface area contributed by atoms with Crippen molar-refractivity contribution in [1.82, 2.24) is 24.9 Å². The fraction of sp³-hybridized carbons (Fsp3) is 0.583. The van der Waals surface area contributed by atoms with Gasteiger partial charge in [0, 0.05) is 50.7 Å². The lowest BCUT2D eigenvalue weighted by atomic mass is 9.82. The summed E-state index contributed by atoms with van der Waals surface area (Å²) in [6, 6.07) is 7.61. The van der Waals surface area contributed by atoms with E-state index in [0.717, 1.165) is 5.39 Å². The van der Waals surface area contributed by atoms with Crippen molar-refractivity contribution in [2.75, 3.05) is 26.2 Å². The molecule has 1 aliphatic carbocycles. The molecule has 0 spiro atoms. The van der Waals surface area contributed by atoms with Gasteiger partial charge in [-0.1, -0.05) is 6.07 Å². The van der Waals surface area contributed by atoms with Gasteiger partial charge in [-0.15, -0.1) is 0 Å². The number of β-amino-alcohol motifs (C(OH)–C–C–N with tert-alkyl or cyclic N) is 1. The summed E-state index contributed by atoms with van der Waals surface area (Å²) < 4.78 is 38.7. The highest BCUT2D eigenvalue weighted by Crippen LogP contribution is 2.42. The van der Waals surface area contributed by atoms with Crippen LogP contribution in [0.2, 0.25) is 0 Å². The van der Waals surface area contributed by atoms with Crippen molar-refractivity contribution in [3.05, 3.63) is 53.5 Å². The Morgan fingerprint density at radius 3 is 2.49 bits per heavy atom. The number of benzene rings is 2. The van der Waals surface area contributed by atoms with Crippen LogP contribution in [0.5, 0.6) is 0 Å². The van der Waals surface area contributed by atoms with Crippen molar-refractivity contribution in [3.8, 4) is 11.1 Å². The predicted molar refractivity (Wildman–Crippen MR) is 178 cm³/mol. The lowest BCUT2D eigenvalue weighted by Crippen LogP contribution is -2.49. The third-order valence-corrected chi connectivity index (χ3v) is 9.56. The predicted octanol–water partition coefficient (Wildman–Crippen LogP) is 6.32. The normalized spacial score (nSPS) is 23.8. The van der Waals surface area contributed by atoms with Gasteiger partial charge in [-0.05, 0) is 115 Å². The number of likely N-dealkylation sites (tertiary alicyclic amines) is 1. The number of aryl methyl sites for hydroxylation is 1. The molecule has 1 unspecified atom stereocenters. The first kappa shape index (κ1) is 34.8. The van der Waals surface area contributed by atoms with Gasteiger partial charge >= 0.3 is 6.09 Å². The minimum Gasteiger partial charge on any atom is -0.444 e. The summed E-state index contributed by atoms with van der Waals surface area (Å²) in [7, 11) is 1.79. The van der Waals surface area contributed by atoms with Crippen LogP contribution in [0, 0.1) is 5.82 Å². The van der Waals surface area contributed by atoms with Gasteiger partial charge in [0.2, 0.25) is 0 Å². The van der Waals surface area contributed by atoms with Gasteiger partial charge < -0.3 is 20.1 Å². The lowest BCUT2D eigenvalue weighted by Gasteiger charge is -2.39. The average molecular weight is 654 g/mol. The minimum atomic E-state index is -1.71. The maximum absolute atomic E-state index is 17.0. The van der Waals surface area contributed by atoms with Crippen LogP contribution < -0.4 is 5.32 Å². The number of alkyl halides is 1. The molecule has 5 rings (SSSR count). The van der Waals surface area contributed by atoms with E-state index in [-0.39, 0.29) is 36.5 Å². The number of amides is 2. The van der Waals surface area contributed by atoms with Crippen molar-refractivity contribution >= 4 is 22.9 Å². The summed E-state index contributed by atoms with van der Waals surface area (Å²) in [5.74, 6) is -0.804. The quantitative estimate of drug-likeness (QED) is 0.295. The van der Waals surface area contributed by atoms with Crippen LogP contribution in [0.4, 0.5) is 13.6 Å². The fourth-order valence-corrected chi connectivity index (χ4v) is 7.12. The van der Waals surface area contributed by atoms with Gasteiger partial charge in [0.05, 0.1) is 22.9 Å². The summed E-state index contributed by atoms with van der Waals surface area (Å²) in [5, 5.41) is 19.6. The summed E-state index contributed by atoms with van der Waals surface area (Å²) in [6.07, 6.45) is 3.66. The van der Waals surface area contributed by atoms with E-state index in [2.05, 4.69) is 10.4 Å². The molecule has 2 aliphatic rings. The number of nitrogens with one attached hydrogen (secondary N) is 1. The number of aromatic nitrogens is 2. The molecule has 1 aromatic heterocycles. The Morgan fingerprint density at radius 1 is 1.15 bits per heavy atom. The molecule has 2 fully saturated rings. The molecule has 47 heavy (non-hydrogen) atoms. The van der Waals surface area contributed by atoms with Crippen LogP contribution in [0.15, 0.2) is 36.5 Å². The number of carbonyl (C=O) groups excluding carboxylic acids is 2. The van der Waals surface area contributed by atoms with Gasteiger partial charge in [-0.25, -0.2) is 13.6 Å². The van der Waals surface area contributed by atoms with Crippen LogP contribution in [-0.4, -0.2) is 86.2 Å². The molecule has 1 saturated carbocycles. The second kappa shape index (κ2) is 13.1. The number of halogens is 2. The summed E-state index contributed by atoms with van der Waals surface area (Å²) in [5.41, 5.74) is -0.736. The first-order valence-corrected chi connectivity index (χ1v) is 16.7. The molecule has 2 heterocycles. The zero-order valence-corrected chi connectivity index (χ0v) is 28.7. The van der Waals surface area contributed by atoms with E-state index in [0.29, 0.717) is 67.5 Å². The third kappa shape index (κ3) is 7.62. The number of ether oxygens (including phenoxy) is 1. The number of aliphatic hydroxyl groups is 1. The van der Waals surface area contributed by atoms with Crippen LogP contribution in [0.3, 0.4) is 0 Å². The summed E-state index contributed by atoms with van der Waals surface area (Å²) in [6.45, 7) is 12.5. The maximum atomic E-state index is 17.0. The summed E-state index contributed by atoms with van der Waals surface area (Å²) in [4.78, 5) is 29.6. The topological polar surface area (TPSA) is 99.9 Å². The Morgan fingerprint density at radius 2 is 1.85 bits per heavy atom. The van der Waals surface area contributed by atoms with Crippen molar-refractivity contribution in [2.45, 2.75) is 103 Å². The Bertz CT molecular complexity index is 1630. The Hall–Kier alpha value is -3.57. The standard InChI is InChI=1S/C36H49F2N5O4/c1-8-43(23(2)3)32(44)29-19-25(37)9-10-27(29)28-17-24(18-31-30(28)20-39-41(31)7)36(38)15-16-42(22-36)21-35(46)13-11-26(12-14-35)40-33(45)47-34(4,5)6/h9-10,17-20,23,26,46H,8,11-16,21-22H2,1-7H3,(H,40,45). The number of hydrogen-bond donors (Lipinski definition) is 2. The van der Waals surface area contributed by atoms with Gasteiger partial charge in [-0.3, -0.25) is 14.4 Å². The molecule has 2 N–H and O–H groups in total. The molecule has 1 saturated heterocycles. The second-order valence-electron chi connectivity index (χ2n) is 14.7. The number of carbonyl (C=O) groups is 2. The number of alkyl carbamates (subject to hydrolysis) is 1.